The summed E-state index contributed by atoms with van der Waals surface area (Å²) >= 11 is 0. The first kappa shape index (κ1) is 20.4. The lowest BCUT2D eigenvalue weighted by molar-refractivity contribution is -0.115. The van der Waals surface area contributed by atoms with Crippen molar-refractivity contribution < 1.29 is 18.0 Å². The van der Waals surface area contributed by atoms with Gasteiger partial charge < -0.3 is 10.6 Å². The molecule has 7 nitrogen and oxygen atoms in total. The summed E-state index contributed by atoms with van der Waals surface area (Å²) in [5.74, 6) is -0.203. The van der Waals surface area contributed by atoms with Crippen LogP contribution in [0.2, 0.25) is 0 Å². The highest BCUT2D eigenvalue weighted by molar-refractivity contribution is 7.90. The minimum atomic E-state index is -3.97. The average Bonchev–Trinajstić information content (AvgIpc) is 2.62. The van der Waals surface area contributed by atoms with Crippen molar-refractivity contribution in [2.24, 2.45) is 0 Å². The molecule has 0 bridgehead atoms. The van der Waals surface area contributed by atoms with Crippen LogP contribution in [0.4, 0.5) is 10.5 Å². The van der Waals surface area contributed by atoms with Gasteiger partial charge in [0.15, 0.2) is 0 Å². The SMILES string of the molecule is CCCCNC(=O)NS(=O)(=O)c1ccc(NC(=O)Cc2ccccc2)cc1. The second-order valence-electron chi connectivity index (χ2n) is 5.95. The summed E-state index contributed by atoms with van der Waals surface area (Å²) in [6.07, 6.45) is 1.88. The van der Waals surface area contributed by atoms with Crippen molar-refractivity contribution in [3.63, 3.8) is 0 Å². The summed E-state index contributed by atoms with van der Waals surface area (Å²) in [6.45, 7) is 2.38. The first-order valence-corrected chi connectivity index (χ1v) is 10.1. The first-order chi connectivity index (χ1) is 12.9. The Balaban J connectivity index is 1.93. The van der Waals surface area contributed by atoms with Gasteiger partial charge in [-0.2, -0.15) is 0 Å². The van der Waals surface area contributed by atoms with Gasteiger partial charge in [0.25, 0.3) is 10.0 Å². The van der Waals surface area contributed by atoms with Crippen molar-refractivity contribution in [3.05, 3.63) is 60.2 Å². The van der Waals surface area contributed by atoms with E-state index in [9.17, 15) is 18.0 Å². The maximum absolute atomic E-state index is 12.2. The molecule has 27 heavy (non-hydrogen) atoms. The van der Waals surface area contributed by atoms with E-state index in [1.807, 2.05) is 42.0 Å². The molecule has 0 heterocycles. The van der Waals surface area contributed by atoms with Gasteiger partial charge in [-0.15, -0.1) is 0 Å². The molecule has 0 saturated carbocycles. The van der Waals surface area contributed by atoms with Crippen LogP contribution in [-0.4, -0.2) is 26.9 Å². The number of carbonyl (C=O) groups is 2. The summed E-state index contributed by atoms with van der Waals surface area (Å²) in [7, 11) is -3.97. The maximum atomic E-state index is 12.2. The van der Waals surface area contributed by atoms with Crippen LogP contribution in [0.5, 0.6) is 0 Å². The number of anilines is 1. The lowest BCUT2D eigenvalue weighted by atomic mass is 10.1. The van der Waals surface area contributed by atoms with Gasteiger partial charge in [0, 0.05) is 12.2 Å². The van der Waals surface area contributed by atoms with Crippen LogP contribution in [0.15, 0.2) is 59.5 Å². The number of sulfonamides is 1. The number of urea groups is 1. The Morgan fingerprint density at radius 1 is 0.963 bits per heavy atom. The molecule has 0 radical (unpaired) electrons. The van der Waals surface area contributed by atoms with Gasteiger partial charge in [0.2, 0.25) is 5.91 Å². The lowest BCUT2D eigenvalue weighted by Gasteiger charge is -2.09. The van der Waals surface area contributed by atoms with Crippen LogP contribution < -0.4 is 15.4 Å². The van der Waals surface area contributed by atoms with E-state index in [0.29, 0.717) is 12.2 Å². The van der Waals surface area contributed by atoms with Crippen LogP contribution in [0.3, 0.4) is 0 Å². The molecule has 3 amide bonds. The number of hydrogen-bond acceptors (Lipinski definition) is 4. The summed E-state index contributed by atoms with van der Waals surface area (Å²) < 4.78 is 26.3. The van der Waals surface area contributed by atoms with Gasteiger partial charge in [-0.3, -0.25) is 4.79 Å². The van der Waals surface area contributed by atoms with E-state index in [4.69, 9.17) is 0 Å². The Morgan fingerprint density at radius 2 is 1.63 bits per heavy atom. The fraction of sp³-hybridized carbons (Fsp3) is 0.263. The van der Waals surface area contributed by atoms with E-state index in [2.05, 4.69) is 10.6 Å². The molecule has 0 spiro atoms. The highest BCUT2D eigenvalue weighted by Crippen LogP contribution is 2.14. The maximum Gasteiger partial charge on any atom is 0.328 e. The third-order valence-electron chi connectivity index (χ3n) is 3.70. The number of carbonyl (C=O) groups excluding carboxylic acids is 2. The smallest absolute Gasteiger partial charge is 0.328 e. The van der Waals surface area contributed by atoms with Crippen LogP contribution >= 0.6 is 0 Å². The number of benzene rings is 2. The molecular weight excluding hydrogens is 366 g/mol. The third-order valence-corrected chi connectivity index (χ3v) is 5.05. The van der Waals surface area contributed by atoms with Crippen LogP contribution in [0, 0.1) is 0 Å². The number of unbranched alkanes of at least 4 members (excludes halogenated alkanes) is 1. The second kappa shape index (κ2) is 9.72. The molecule has 0 unspecified atom stereocenters. The molecule has 0 aliphatic heterocycles. The van der Waals surface area contributed by atoms with E-state index in [1.165, 1.54) is 24.3 Å². The van der Waals surface area contributed by atoms with Gasteiger partial charge in [0.05, 0.1) is 11.3 Å². The molecule has 0 aromatic heterocycles. The van der Waals surface area contributed by atoms with Crippen molar-refractivity contribution in [1.82, 2.24) is 10.0 Å². The van der Waals surface area contributed by atoms with Gasteiger partial charge in [-0.05, 0) is 36.2 Å². The zero-order chi connectivity index (χ0) is 19.7. The van der Waals surface area contributed by atoms with Gasteiger partial charge in [0.1, 0.15) is 0 Å². The molecule has 0 atom stereocenters. The van der Waals surface area contributed by atoms with Crippen LogP contribution in [0.25, 0.3) is 0 Å². The van der Waals surface area contributed by atoms with E-state index in [-0.39, 0.29) is 17.2 Å². The van der Waals surface area contributed by atoms with Gasteiger partial charge >= 0.3 is 6.03 Å². The molecule has 0 aliphatic rings. The first-order valence-electron chi connectivity index (χ1n) is 8.65. The molecule has 0 saturated heterocycles. The molecular formula is C19H23N3O4S. The van der Waals surface area contributed by atoms with E-state index < -0.39 is 16.1 Å². The quantitative estimate of drug-likeness (QED) is 0.604. The Morgan fingerprint density at radius 3 is 2.26 bits per heavy atom. The predicted octanol–water partition coefficient (Wildman–Crippen LogP) is 2.66. The largest absolute Gasteiger partial charge is 0.337 e. The summed E-state index contributed by atoms with van der Waals surface area (Å²) in [6, 6.07) is 14.2. The van der Waals surface area contributed by atoms with Crippen molar-refractivity contribution in [1.29, 1.82) is 0 Å². The monoisotopic (exact) mass is 389 g/mol. The third kappa shape index (κ3) is 6.74. The Bertz CT molecular complexity index is 866. The molecule has 0 fully saturated rings. The van der Waals surface area contributed by atoms with Crippen LogP contribution in [-0.2, 0) is 21.2 Å². The normalized spacial score (nSPS) is 10.9. The zero-order valence-electron chi connectivity index (χ0n) is 15.1. The topological polar surface area (TPSA) is 104 Å². The van der Waals surface area contributed by atoms with Crippen molar-refractivity contribution >= 4 is 27.6 Å². The van der Waals surface area contributed by atoms with Gasteiger partial charge in [-0.1, -0.05) is 43.7 Å². The Hall–Kier alpha value is -2.87. The minimum Gasteiger partial charge on any atom is -0.337 e. The van der Waals surface area contributed by atoms with E-state index in [1.54, 1.807) is 0 Å². The number of rotatable bonds is 8. The molecule has 2 aromatic carbocycles. The number of nitrogens with one attached hydrogen (secondary N) is 3. The van der Waals surface area contributed by atoms with Crippen LogP contribution in [0.1, 0.15) is 25.3 Å². The Kier molecular flexibility index (Phi) is 7.36. The van der Waals surface area contributed by atoms with Crippen molar-refractivity contribution in [2.75, 3.05) is 11.9 Å². The molecule has 2 aromatic rings. The highest BCUT2D eigenvalue weighted by atomic mass is 32.2. The van der Waals surface area contributed by atoms with Crippen molar-refractivity contribution in [3.8, 4) is 0 Å². The zero-order valence-corrected chi connectivity index (χ0v) is 15.9. The summed E-state index contributed by atoms with van der Waals surface area (Å²) in [5.41, 5.74) is 1.36. The molecule has 0 aliphatic carbocycles. The molecule has 144 valence electrons. The second-order valence-corrected chi connectivity index (χ2v) is 7.63. The molecule has 8 heteroatoms. The lowest BCUT2D eigenvalue weighted by Crippen LogP contribution is -2.39. The van der Waals surface area contributed by atoms with E-state index >= 15 is 0 Å². The predicted molar refractivity (Wildman–Crippen MR) is 104 cm³/mol. The summed E-state index contributed by atoms with van der Waals surface area (Å²) in [4.78, 5) is 23.6. The highest BCUT2D eigenvalue weighted by Gasteiger charge is 2.17. The van der Waals surface area contributed by atoms with E-state index in [0.717, 1.165) is 18.4 Å². The number of hydrogen-bond donors (Lipinski definition) is 3. The van der Waals surface area contributed by atoms with Gasteiger partial charge in [-0.25, -0.2) is 17.9 Å². The molecule has 3 N–H and O–H groups in total. The Labute approximate surface area is 159 Å². The number of amides is 3. The fourth-order valence-corrected chi connectivity index (χ4v) is 3.23. The van der Waals surface area contributed by atoms with Crippen molar-refractivity contribution in [2.45, 2.75) is 31.1 Å². The fourth-order valence-electron chi connectivity index (χ4n) is 2.30. The molecule has 2 rings (SSSR count). The minimum absolute atomic E-state index is 0.0609. The average molecular weight is 389 g/mol. The summed E-state index contributed by atoms with van der Waals surface area (Å²) in [5, 5.41) is 5.19. The standard InChI is InChI=1S/C19H23N3O4S/c1-2-3-13-20-19(24)22-27(25,26)17-11-9-16(10-12-17)21-18(23)14-15-7-5-4-6-8-15/h4-12H,2-3,13-14H2,1H3,(H,21,23)(H2,20,22,24).